The number of carbonyl (C=O) groups excluding carboxylic acids is 1. The van der Waals surface area contributed by atoms with E-state index in [1.54, 1.807) is 13.2 Å². The maximum atomic E-state index is 17.9. The van der Waals surface area contributed by atoms with Gasteiger partial charge in [0, 0.05) is 52.4 Å². The summed E-state index contributed by atoms with van der Waals surface area (Å²) in [7, 11) is -4.23. The molecule has 11 nitrogen and oxygen atoms in total. The van der Waals surface area contributed by atoms with Crippen LogP contribution in [0.1, 0.15) is 118 Å². The Kier molecular flexibility index (Phi) is 13.3. The molecule has 2 aliphatic heterocycles. The molecular weight excluding hydrogens is 838 g/mol. The Balaban J connectivity index is 1.37. The summed E-state index contributed by atoms with van der Waals surface area (Å²) in [5.41, 5.74) is 6.53. The van der Waals surface area contributed by atoms with Crippen LogP contribution in [-0.2, 0) is 23.8 Å². The van der Waals surface area contributed by atoms with Gasteiger partial charge in [0.1, 0.15) is 24.9 Å². The molecule has 1 aliphatic carbocycles. The zero-order valence-electron chi connectivity index (χ0n) is 38.8. The minimum Gasteiger partial charge on any atom is -0.468 e. The molecule has 14 heteroatoms. The molecule has 3 aromatic carbocycles. The van der Waals surface area contributed by atoms with Gasteiger partial charge in [-0.25, -0.2) is 9.18 Å². The van der Waals surface area contributed by atoms with Crippen molar-refractivity contribution in [2.45, 2.75) is 141 Å². The molecule has 3 aliphatic rings. The lowest BCUT2D eigenvalue weighted by Crippen LogP contribution is -2.48. The highest BCUT2D eigenvalue weighted by atomic mass is 32.2. The molecule has 1 aromatic heterocycles. The number of methoxy groups -OCH3 is 1. The first-order valence-corrected chi connectivity index (χ1v) is 26.4. The number of fused-ring (bicyclic) bond motifs is 4. The molecular formula is C49H64FN3O8SSi. The third kappa shape index (κ3) is 9.87. The second-order valence-electron chi connectivity index (χ2n) is 20.0. The van der Waals surface area contributed by atoms with Crippen molar-refractivity contribution in [1.82, 2.24) is 14.9 Å². The fraction of sp³-hybridized carbons (Fsp3) is 0.571. The molecule has 340 valence electrons. The van der Waals surface area contributed by atoms with Crippen LogP contribution in [0.5, 0.6) is 11.8 Å². The molecule has 0 spiro atoms. The van der Waals surface area contributed by atoms with Gasteiger partial charge in [-0.2, -0.15) is 18.4 Å². The third-order valence-corrected chi connectivity index (χ3v) is 20.3. The van der Waals surface area contributed by atoms with Crippen molar-refractivity contribution in [1.29, 1.82) is 0 Å². The quantitative estimate of drug-likeness (QED) is 0.0522. The summed E-state index contributed by atoms with van der Waals surface area (Å²) in [6, 6.07) is 13.3. The summed E-state index contributed by atoms with van der Waals surface area (Å²) in [6.45, 7) is 19.4. The smallest absolute Gasteiger partial charge is 0.410 e. The van der Waals surface area contributed by atoms with E-state index in [0.717, 1.165) is 35.4 Å². The average molecular weight is 902 g/mol. The second-order valence-corrected chi connectivity index (χ2v) is 27.2. The largest absolute Gasteiger partial charge is 0.468 e. The molecule has 2 saturated heterocycles. The van der Waals surface area contributed by atoms with Crippen molar-refractivity contribution in [3.8, 4) is 34.4 Å². The number of carbonyl (C=O) groups is 1. The average Bonchev–Trinajstić information content (AvgIpc) is 3.93. The van der Waals surface area contributed by atoms with Gasteiger partial charge in [-0.1, -0.05) is 71.7 Å². The number of halogens is 1. The highest BCUT2D eigenvalue weighted by molar-refractivity contribution is 7.86. The molecule has 0 radical (unpaired) electrons. The van der Waals surface area contributed by atoms with Crippen molar-refractivity contribution in [2.75, 3.05) is 33.4 Å². The Hall–Kier alpha value is -4.29. The number of benzene rings is 3. The molecule has 2 bridgehead atoms. The Morgan fingerprint density at radius 2 is 1.60 bits per heavy atom. The van der Waals surface area contributed by atoms with Gasteiger partial charge in [0.2, 0.25) is 0 Å². The fourth-order valence-corrected chi connectivity index (χ4v) is 15.9. The minimum atomic E-state index is -3.66. The van der Waals surface area contributed by atoms with E-state index in [4.69, 9.17) is 33.1 Å². The molecule has 7 rings (SSSR count). The van der Waals surface area contributed by atoms with Crippen molar-refractivity contribution in [3.05, 3.63) is 59.5 Å². The van der Waals surface area contributed by atoms with Crippen LogP contribution in [0.25, 0.3) is 32.8 Å². The third-order valence-electron chi connectivity index (χ3n) is 13.4. The molecule has 63 heavy (non-hydrogen) atoms. The molecule has 3 heterocycles. The molecule has 2 atom stereocenters. The first-order valence-electron chi connectivity index (χ1n) is 22.4. The summed E-state index contributed by atoms with van der Waals surface area (Å²) in [4.78, 5) is 25.1. The van der Waals surface area contributed by atoms with Crippen LogP contribution >= 0.6 is 0 Å². The maximum absolute atomic E-state index is 17.9. The molecule has 1 amide bonds. The predicted molar refractivity (Wildman–Crippen MR) is 248 cm³/mol. The molecule has 3 fully saturated rings. The van der Waals surface area contributed by atoms with Crippen LogP contribution in [0.15, 0.2) is 42.5 Å². The van der Waals surface area contributed by atoms with Crippen LogP contribution in [-0.4, -0.2) is 88.5 Å². The van der Waals surface area contributed by atoms with Crippen LogP contribution in [0.3, 0.4) is 0 Å². The lowest BCUT2D eigenvalue weighted by Gasteiger charge is -2.39. The Bertz CT molecular complexity index is 2510. The van der Waals surface area contributed by atoms with Crippen molar-refractivity contribution in [2.24, 2.45) is 5.41 Å². The number of piperidine rings is 1. The fourth-order valence-electron chi connectivity index (χ4n) is 10.3. The normalized spacial score (nSPS) is 19.8. The van der Waals surface area contributed by atoms with Gasteiger partial charge < -0.3 is 23.8 Å². The van der Waals surface area contributed by atoms with Crippen molar-refractivity contribution in [3.63, 3.8) is 0 Å². The van der Waals surface area contributed by atoms with Gasteiger partial charge in [-0.3, -0.25) is 4.18 Å². The van der Waals surface area contributed by atoms with Gasteiger partial charge in [0.15, 0.2) is 12.6 Å². The predicted octanol–water partition coefficient (Wildman–Crippen LogP) is 10.9. The highest BCUT2D eigenvalue weighted by Gasteiger charge is 2.47. The zero-order valence-corrected chi connectivity index (χ0v) is 40.6. The first kappa shape index (κ1) is 46.7. The number of amides is 1. The standard InChI is InChI=1S/C49H64FN3O8SSi/c1-30(2)63(31(3)4,32(5)6)22-19-33-13-12-14-34-25-38(59-29-57-10)26-41(42(33)34)39-17-18-40-44(35-23-36-15-16-37(24-35)53(36)47(54)61-48(7,8)9)51-46(52-45(40)43(39)50)58-27-49(20-21-49)28-60-62(11,55)56/h12-14,17-18,25-26,30-32,35-37H,15-16,20-21,23-24,27-29H2,1-11H3. The van der Waals surface area contributed by atoms with E-state index in [9.17, 15) is 13.2 Å². The molecule has 1 saturated carbocycles. The molecule has 2 unspecified atom stereocenters. The lowest BCUT2D eigenvalue weighted by molar-refractivity contribution is 0.00570. The van der Waals surface area contributed by atoms with E-state index < -0.39 is 35.0 Å². The Morgan fingerprint density at radius 3 is 2.19 bits per heavy atom. The number of ether oxygens (including phenoxy) is 4. The van der Waals surface area contributed by atoms with E-state index >= 15 is 4.39 Å². The van der Waals surface area contributed by atoms with E-state index in [2.05, 4.69) is 53.0 Å². The van der Waals surface area contributed by atoms with Crippen LogP contribution in [0.4, 0.5) is 9.18 Å². The zero-order chi connectivity index (χ0) is 45.6. The summed E-state index contributed by atoms with van der Waals surface area (Å²) in [6.07, 6.45) is 5.05. The summed E-state index contributed by atoms with van der Waals surface area (Å²) >= 11 is 0. The number of aromatic nitrogens is 2. The van der Waals surface area contributed by atoms with Crippen LogP contribution < -0.4 is 9.47 Å². The van der Waals surface area contributed by atoms with E-state index in [-0.39, 0.29) is 55.6 Å². The monoisotopic (exact) mass is 901 g/mol. The number of hydrogen-bond donors (Lipinski definition) is 0. The topological polar surface area (TPSA) is 126 Å². The minimum absolute atomic E-state index is 0.00652. The van der Waals surface area contributed by atoms with Gasteiger partial charge >= 0.3 is 12.1 Å². The molecule has 4 aromatic rings. The Morgan fingerprint density at radius 1 is 0.937 bits per heavy atom. The molecule has 0 N–H and O–H groups in total. The first-order chi connectivity index (χ1) is 29.6. The number of nitrogens with zero attached hydrogens (tertiary/aromatic N) is 3. The highest BCUT2D eigenvalue weighted by Crippen LogP contribution is 2.48. The van der Waals surface area contributed by atoms with Crippen molar-refractivity contribution < 1.29 is 40.7 Å². The van der Waals surface area contributed by atoms with E-state index in [1.807, 2.05) is 62.1 Å². The lowest BCUT2D eigenvalue weighted by atomic mass is 9.86. The van der Waals surface area contributed by atoms with Gasteiger partial charge in [-0.05, 0) is 105 Å². The summed E-state index contributed by atoms with van der Waals surface area (Å²) < 4.78 is 70.2. The maximum Gasteiger partial charge on any atom is 0.410 e. The van der Waals surface area contributed by atoms with E-state index in [1.165, 1.54) is 0 Å². The van der Waals surface area contributed by atoms with Gasteiger partial charge in [0.05, 0.1) is 25.2 Å². The van der Waals surface area contributed by atoms with Crippen LogP contribution in [0.2, 0.25) is 16.6 Å². The SMILES string of the molecule is COCOc1cc(-c2ccc3c(C4CC5CCC(C4)N5C(=O)OC(C)(C)C)nc(OCC4(COS(C)(=O)=O)CC4)nc3c2F)c2c(C#C[Si](C(C)C)(C(C)C)C(C)C)cccc2c1. The number of hydrogen-bond acceptors (Lipinski definition) is 10. The van der Waals surface area contributed by atoms with Gasteiger partial charge in [-0.15, -0.1) is 5.54 Å². The van der Waals surface area contributed by atoms with Gasteiger partial charge in [0.25, 0.3) is 10.1 Å². The van der Waals surface area contributed by atoms with Crippen molar-refractivity contribution >= 4 is 46.0 Å². The summed E-state index contributed by atoms with van der Waals surface area (Å²) in [5.74, 6) is 3.51. The van der Waals surface area contributed by atoms with E-state index in [0.29, 0.717) is 70.3 Å². The van der Waals surface area contributed by atoms with Crippen LogP contribution in [0, 0.1) is 22.7 Å². The summed E-state index contributed by atoms with van der Waals surface area (Å²) in [5, 5.41) is 2.23. The second kappa shape index (κ2) is 17.9. The number of rotatable bonds is 14. The Labute approximate surface area is 373 Å².